The Labute approximate surface area is 117 Å². The normalized spacial score (nSPS) is 19.8. The number of methoxy groups -OCH3 is 1. The fraction of sp³-hybridized carbons (Fsp3) is 0.500. The molecule has 0 bridgehead atoms. The first-order valence-electron chi connectivity index (χ1n) is 7.01. The lowest BCUT2D eigenvalue weighted by atomic mass is 9.88. The molecule has 1 atom stereocenters. The highest BCUT2D eigenvalue weighted by Crippen LogP contribution is 2.33. The molecule has 0 saturated carbocycles. The first kappa shape index (κ1) is 14.2. The summed E-state index contributed by atoms with van der Waals surface area (Å²) < 4.78 is 11.4. The maximum absolute atomic E-state index is 6.15. The van der Waals surface area contributed by atoms with Crippen LogP contribution in [-0.2, 0) is 4.43 Å². The zero-order chi connectivity index (χ0) is 13.9. The predicted molar refractivity (Wildman–Crippen MR) is 82.1 cm³/mol. The van der Waals surface area contributed by atoms with Crippen LogP contribution in [0.25, 0.3) is 0 Å². The lowest BCUT2D eigenvalue weighted by Gasteiger charge is -2.27. The van der Waals surface area contributed by atoms with Gasteiger partial charge < -0.3 is 9.16 Å². The predicted octanol–water partition coefficient (Wildman–Crippen LogP) is 4.70. The van der Waals surface area contributed by atoms with Crippen LogP contribution < -0.4 is 4.74 Å². The number of benzene rings is 1. The summed E-state index contributed by atoms with van der Waals surface area (Å²) in [6, 6.07) is 8.41. The van der Waals surface area contributed by atoms with E-state index in [0.717, 1.165) is 12.2 Å². The molecule has 1 aromatic carbocycles. The smallest absolute Gasteiger partial charge is 0.241 e. The molecule has 0 saturated heterocycles. The molecule has 0 amide bonds. The summed E-state index contributed by atoms with van der Waals surface area (Å²) in [7, 11) is 0.226. The van der Waals surface area contributed by atoms with Crippen molar-refractivity contribution in [2.24, 2.45) is 0 Å². The number of ether oxygens (including phenoxy) is 1. The van der Waals surface area contributed by atoms with Gasteiger partial charge in [-0.3, -0.25) is 0 Å². The van der Waals surface area contributed by atoms with Crippen LogP contribution in [0.3, 0.4) is 0 Å². The zero-order valence-corrected chi connectivity index (χ0v) is 13.4. The largest absolute Gasteiger partial charge is 0.548 e. The molecule has 0 spiro atoms. The van der Waals surface area contributed by atoms with Gasteiger partial charge in [0.1, 0.15) is 5.75 Å². The van der Waals surface area contributed by atoms with Gasteiger partial charge in [0.2, 0.25) is 8.32 Å². The van der Waals surface area contributed by atoms with Crippen molar-refractivity contribution in [3.8, 4) is 5.75 Å². The molecule has 0 aliphatic heterocycles. The van der Waals surface area contributed by atoms with E-state index in [9.17, 15) is 0 Å². The van der Waals surface area contributed by atoms with Crippen molar-refractivity contribution in [1.82, 2.24) is 0 Å². The number of allylic oxidation sites excluding steroid dienone is 2. The Balaban J connectivity index is 2.12. The number of hydrogen-bond donors (Lipinski definition) is 0. The van der Waals surface area contributed by atoms with Crippen LogP contribution in [0.1, 0.15) is 30.7 Å². The molecule has 2 nitrogen and oxygen atoms in total. The highest BCUT2D eigenvalue weighted by atomic mass is 28.4. The second kappa shape index (κ2) is 5.82. The quantitative estimate of drug-likeness (QED) is 0.742. The van der Waals surface area contributed by atoms with Gasteiger partial charge in [0, 0.05) is 12.3 Å². The van der Waals surface area contributed by atoms with Crippen molar-refractivity contribution >= 4 is 8.32 Å². The maximum Gasteiger partial charge on any atom is 0.241 e. The summed E-state index contributed by atoms with van der Waals surface area (Å²) in [6.45, 7) is 6.72. The maximum atomic E-state index is 6.15. The summed E-state index contributed by atoms with van der Waals surface area (Å²) in [6.07, 6.45) is 5.85. The summed E-state index contributed by atoms with van der Waals surface area (Å²) in [4.78, 5) is 0. The van der Waals surface area contributed by atoms with Crippen molar-refractivity contribution in [1.29, 1.82) is 0 Å². The molecule has 0 unspecified atom stereocenters. The summed E-state index contributed by atoms with van der Waals surface area (Å²) in [5.41, 5.74) is 1.36. The van der Waals surface area contributed by atoms with Crippen molar-refractivity contribution in [2.45, 2.75) is 44.8 Å². The minimum atomic E-state index is -1.48. The second-order valence-corrected chi connectivity index (χ2v) is 10.5. The van der Waals surface area contributed by atoms with Gasteiger partial charge in [0.05, 0.1) is 12.9 Å². The molecule has 0 aromatic heterocycles. The van der Waals surface area contributed by atoms with Gasteiger partial charge in [-0.1, -0.05) is 12.1 Å². The van der Waals surface area contributed by atoms with Crippen molar-refractivity contribution in [3.63, 3.8) is 0 Å². The molecule has 1 aliphatic carbocycles. The van der Waals surface area contributed by atoms with E-state index in [1.165, 1.54) is 24.2 Å². The first-order valence-corrected chi connectivity index (χ1v) is 10.4. The molecule has 0 radical (unpaired) electrons. The monoisotopic (exact) mass is 276 g/mol. The van der Waals surface area contributed by atoms with E-state index < -0.39 is 8.32 Å². The van der Waals surface area contributed by atoms with E-state index in [2.05, 4.69) is 37.8 Å². The first-order chi connectivity index (χ1) is 8.98. The Hall–Kier alpha value is -1.22. The van der Waals surface area contributed by atoms with Crippen molar-refractivity contribution < 1.29 is 9.16 Å². The minimum Gasteiger partial charge on any atom is -0.548 e. The van der Waals surface area contributed by atoms with Crippen LogP contribution >= 0.6 is 0 Å². The average molecular weight is 276 g/mol. The Morgan fingerprint density at radius 2 is 1.79 bits per heavy atom. The van der Waals surface area contributed by atoms with Gasteiger partial charge in [-0.25, -0.2) is 0 Å². The van der Waals surface area contributed by atoms with E-state index in [1.54, 1.807) is 7.11 Å². The molecular formula is C16H24O2Si. The van der Waals surface area contributed by atoms with Crippen LogP contribution in [-0.4, -0.2) is 15.4 Å². The molecule has 0 fully saturated rings. The van der Waals surface area contributed by atoms with Gasteiger partial charge in [-0.05, 0) is 56.3 Å². The summed E-state index contributed by atoms with van der Waals surface area (Å²) in [5.74, 6) is 2.61. The molecule has 104 valence electrons. The molecule has 2 rings (SSSR count). The topological polar surface area (TPSA) is 18.5 Å². The third kappa shape index (κ3) is 4.13. The Kier molecular flexibility index (Phi) is 4.35. The van der Waals surface area contributed by atoms with E-state index in [1.807, 2.05) is 12.1 Å². The third-order valence-electron chi connectivity index (χ3n) is 3.31. The van der Waals surface area contributed by atoms with Crippen LogP contribution in [0.5, 0.6) is 5.75 Å². The molecule has 1 aliphatic rings. The molecular weight excluding hydrogens is 252 g/mol. The van der Waals surface area contributed by atoms with E-state index >= 15 is 0 Å². The van der Waals surface area contributed by atoms with Gasteiger partial charge in [0.15, 0.2) is 0 Å². The van der Waals surface area contributed by atoms with Crippen LogP contribution in [0, 0.1) is 0 Å². The van der Waals surface area contributed by atoms with E-state index in [-0.39, 0.29) is 0 Å². The highest BCUT2D eigenvalue weighted by molar-refractivity contribution is 6.70. The summed E-state index contributed by atoms with van der Waals surface area (Å²) >= 11 is 0. The summed E-state index contributed by atoms with van der Waals surface area (Å²) in [5, 5.41) is 0. The van der Waals surface area contributed by atoms with Gasteiger partial charge in [-0.2, -0.15) is 0 Å². The van der Waals surface area contributed by atoms with E-state index in [4.69, 9.17) is 9.16 Å². The van der Waals surface area contributed by atoms with Gasteiger partial charge >= 0.3 is 0 Å². The highest BCUT2D eigenvalue weighted by Gasteiger charge is 2.22. The van der Waals surface area contributed by atoms with Crippen LogP contribution in [0.15, 0.2) is 36.1 Å². The number of rotatable bonds is 4. The van der Waals surface area contributed by atoms with Crippen molar-refractivity contribution in [2.75, 3.05) is 7.11 Å². The van der Waals surface area contributed by atoms with E-state index in [0.29, 0.717) is 5.92 Å². The second-order valence-electron chi connectivity index (χ2n) is 6.12. The Morgan fingerprint density at radius 1 is 1.11 bits per heavy atom. The van der Waals surface area contributed by atoms with Gasteiger partial charge in [-0.15, -0.1) is 0 Å². The molecule has 0 heterocycles. The molecule has 0 N–H and O–H groups in total. The lowest BCUT2D eigenvalue weighted by Crippen LogP contribution is -2.25. The Morgan fingerprint density at radius 3 is 2.37 bits per heavy atom. The van der Waals surface area contributed by atoms with Crippen LogP contribution in [0.2, 0.25) is 19.6 Å². The SMILES string of the molecule is COc1ccc([C@@H]2C=C(O[Si](C)(C)C)CCC2)cc1. The average Bonchev–Trinajstić information content (AvgIpc) is 2.37. The molecule has 3 heteroatoms. The van der Waals surface area contributed by atoms with Crippen LogP contribution in [0.4, 0.5) is 0 Å². The minimum absolute atomic E-state index is 0.492. The zero-order valence-electron chi connectivity index (χ0n) is 12.4. The number of hydrogen-bond acceptors (Lipinski definition) is 2. The standard InChI is InChI=1S/C16H24O2Si/c1-17-15-10-8-13(9-11-15)14-6-5-7-16(12-14)18-19(2,3)4/h8-12,14H,5-7H2,1-4H3/t14-/m0/s1. The van der Waals surface area contributed by atoms with Gasteiger partial charge in [0.25, 0.3) is 0 Å². The lowest BCUT2D eigenvalue weighted by molar-refractivity contribution is 0.373. The fourth-order valence-electron chi connectivity index (χ4n) is 2.48. The molecule has 1 aromatic rings. The third-order valence-corrected chi connectivity index (χ3v) is 4.18. The fourth-order valence-corrected chi connectivity index (χ4v) is 3.44. The Bertz CT molecular complexity index is 443. The van der Waals surface area contributed by atoms with Crippen molar-refractivity contribution in [3.05, 3.63) is 41.7 Å². The molecule has 19 heavy (non-hydrogen) atoms.